The number of furan rings is 1. The first kappa shape index (κ1) is 19.7. The summed E-state index contributed by atoms with van der Waals surface area (Å²) in [6.45, 7) is 1.21. The number of benzene rings is 2. The van der Waals surface area contributed by atoms with E-state index in [0.717, 1.165) is 22.3 Å². The van der Waals surface area contributed by atoms with Gasteiger partial charge >= 0.3 is 0 Å². The van der Waals surface area contributed by atoms with Crippen LogP contribution in [0.3, 0.4) is 0 Å². The van der Waals surface area contributed by atoms with Crippen molar-refractivity contribution < 1.29 is 13.6 Å². The second-order valence-corrected chi connectivity index (χ2v) is 7.50. The zero-order valence-corrected chi connectivity index (χ0v) is 16.2. The van der Waals surface area contributed by atoms with Gasteiger partial charge < -0.3 is 15.1 Å². The molecule has 1 amide bonds. The third-order valence-electron chi connectivity index (χ3n) is 4.60. The first-order valence-electron chi connectivity index (χ1n) is 8.55. The van der Waals surface area contributed by atoms with Crippen molar-refractivity contribution in [1.29, 1.82) is 0 Å². The van der Waals surface area contributed by atoms with Crippen LogP contribution in [0.5, 0.6) is 0 Å². The average Bonchev–Trinajstić information content (AvgIpc) is 3.24. The summed E-state index contributed by atoms with van der Waals surface area (Å²) in [7, 11) is 0. The maximum Gasteiger partial charge on any atom is 0.289 e. The second-order valence-electron chi connectivity index (χ2n) is 6.45. The van der Waals surface area contributed by atoms with Gasteiger partial charge in [-0.15, -0.1) is 24.2 Å². The van der Waals surface area contributed by atoms with Gasteiger partial charge in [-0.3, -0.25) is 4.79 Å². The Morgan fingerprint density at radius 1 is 1.22 bits per heavy atom. The third kappa shape index (κ3) is 4.13. The molecule has 0 spiro atoms. The van der Waals surface area contributed by atoms with Crippen LogP contribution in [0.2, 0.25) is 0 Å². The second kappa shape index (κ2) is 8.33. The van der Waals surface area contributed by atoms with Crippen molar-refractivity contribution >= 4 is 41.0 Å². The number of rotatable bonds is 4. The summed E-state index contributed by atoms with van der Waals surface area (Å²) in [5.74, 6) is 0.590. The predicted octanol–water partition coefficient (Wildman–Crippen LogP) is 4.46. The molecule has 2 N–H and O–H groups in total. The number of carbonyl (C=O) groups excluding carboxylic acids is 1. The molecule has 1 fully saturated rings. The highest BCUT2D eigenvalue weighted by atomic mass is 35.5. The molecule has 0 saturated carbocycles. The Balaban J connectivity index is 0.00000210. The van der Waals surface area contributed by atoms with Crippen molar-refractivity contribution in [3.05, 3.63) is 65.7 Å². The molecule has 0 unspecified atom stereocenters. The summed E-state index contributed by atoms with van der Waals surface area (Å²) in [5, 5.41) is 0.939. The lowest BCUT2D eigenvalue weighted by Gasteiger charge is -2.15. The number of carbonyl (C=O) groups is 1. The molecule has 1 saturated heterocycles. The standard InChI is InChI=1S/C20H19FN2O2S.ClH/c21-13-5-7-15(8-6-13)26-12-17-16-3-1-2-4-18(16)25-19(17)20(24)23-10-9-14(22)11-23;/h1-8,14H,9-12,22H2;1H/t14-;/m1./s1. The van der Waals surface area contributed by atoms with E-state index in [1.54, 1.807) is 28.8 Å². The number of fused-ring (bicyclic) bond motifs is 1. The molecule has 3 aromatic rings. The number of para-hydroxylation sites is 1. The van der Waals surface area contributed by atoms with Gasteiger partial charge in [0.2, 0.25) is 0 Å². The lowest BCUT2D eigenvalue weighted by Crippen LogP contribution is -2.32. The first-order valence-corrected chi connectivity index (χ1v) is 9.54. The first-order chi connectivity index (χ1) is 12.6. The van der Waals surface area contributed by atoms with E-state index in [9.17, 15) is 9.18 Å². The van der Waals surface area contributed by atoms with Crippen molar-refractivity contribution in [3.8, 4) is 0 Å². The van der Waals surface area contributed by atoms with Crippen molar-refractivity contribution in [1.82, 2.24) is 4.90 Å². The van der Waals surface area contributed by atoms with E-state index in [-0.39, 0.29) is 30.2 Å². The largest absolute Gasteiger partial charge is 0.451 e. The van der Waals surface area contributed by atoms with E-state index in [4.69, 9.17) is 10.2 Å². The molecule has 0 bridgehead atoms. The maximum absolute atomic E-state index is 13.1. The molecule has 7 heteroatoms. The highest BCUT2D eigenvalue weighted by Crippen LogP contribution is 2.33. The number of nitrogens with zero attached hydrogens (tertiary/aromatic N) is 1. The van der Waals surface area contributed by atoms with Gasteiger partial charge in [-0.1, -0.05) is 18.2 Å². The zero-order valence-electron chi connectivity index (χ0n) is 14.6. The number of hydrogen-bond donors (Lipinski definition) is 1. The van der Waals surface area contributed by atoms with E-state index < -0.39 is 0 Å². The molecular weight excluding hydrogens is 387 g/mol. The summed E-state index contributed by atoms with van der Waals surface area (Å²) in [6, 6.07) is 14.0. The molecule has 0 aliphatic carbocycles. The van der Waals surface area contributed by atoms with Crippen LogP contribution in [-0.4, -0.2) is 29.9 Å². The Morgan fingerprint density at radius 3 is 2.67 bits per heavy atom. The Labute approximate surface area is 167 Å². The number of hydrogen-bond acceptors (Lipinski definition) is 4. The number of likely N-dealkylation sites (tertiary alicyclic amines) is 1. The van der Waals surface area contributed by atoms with Crippen molar-refractivity contribution in [3.63, 3.8) is 0 Å². The lowest BCUT2D eigenvalue weighted by atomic mass is 10.1. The van der Waals surface area contributed by atoms with Gasteiger partial charge in [0.25, 0.3) is 5.91 Å². The summed E-state index contributed by atoms with van der Waals surface area (Å²) in [6.07, 6.45) is 0.811. The minimum Gasteiger partial charge on any atom is -0.451 e. The van der Waals surface area contributed by atoms with E-state index in [0.29, 0.717) is 30.2 Å². The molecule has 27 heavy (non-hydrogen) atoms. The van der Waals surface area contributed by atoms with Gasteiger partial charge in [0, 0.05) is 40.7 Å². The van der Waals surface area contributed by atoms with Crippen LogP contribution in [0.4, 0.5) is 4.39 Å². The highest BCUT2D eigenvalue weighted by Gasteiger charge is 2.29. The van der Waals surface area contributed by atoms with Crippen LogP contribution in [0.1, 0.15) is 22.5 Å². The van der Waals surface area contributed by atoms with E-state index in [2.05, 4.69) is 0 Å². The van der Waals surface area contributed by atoms with E-state index >= 15 is 0 Å². The van der Waals surface area contributed by atoms with Crippen LogP contribution >= 0.6 is 24.2 Å². The van der Waals surface area contributed by atoms with Gasteiger partial charge in [0.05, 0.1) is 0 Å². The van der Waals surface area contributed by atoms with Crippen molar-refractivity contribution in [2.45, 2.75) is 23.1 Å². The van der Waals surface area contributed by atoms with Crippen LogP contribution in [0.15, 0.2) is 57.8 Å². The third-order valence-corrected chi connectivity index (χ3v) is 5.64. The molecule has 2 aromatic carbocycles. The van der Waals surface area contributed by atoms with Gasteiger partial charge in [-0.2, -0.15) is 0 Å². The molecule has 1 aliphatic rings. The summed E-state index contributed by atoms with van der Waals surface area (Å²) >= 11 is 1.55. The van der Waals surface area contributed by atoms with Gasteiger partial charge in [0.15, 0.2) is 5.76 Å². The van der Waals surface area contributed by atoms with Crippen LogP contribution in [0.25, 0.3) is 11.0 Å². The van der Waals surface area contributed by atoms with Crippen LogP contribution < -0.4 is 5.73 Å². The van der Waals surface area contributed by atoms with Gasteiger partial charge in [-0.25, -0.2) is 4.39 Å². The van der Waals surface area contributed by atoms with E-state index in [1.807, 2.05) is 24.3 Å². The fourth-order valence-corrected chi connectivity index (χ4v) is 4.14. The average molecular weight is 407 g/mol. The molecule has 4 nitrogen and oxygen atoms in total. The normalized spacial score (nSPS) is 16.5. The lowest BCUT2D eigenvalue weighted by molar-refractivity contribution is 0.0760. The molecule has 0 radical (unpaired) electrons. The zero-order chi connectivity index (χ0) is 18.1. The van der Waals surface area contributed by atoms with Crippen LogP contribution in [-0.2, 0) is 5.75 Å². The molecule has 142 valence electrons. The molecule has 1 atom stereocenters. The SMILES string of the molecule is Cl.N[C@@H]1CCN(C(=O)c2oc3ccccc3c2CSc2ccc(F)cc2)C1. The Morgan fingerprint density at radius 2 is 1.96 bits per heavy atom. The van der Waals surface area contributed by atoms with Crippen molar-refractivity contribution in [2.24, 2.45) is 5.73 Å². The Hall–Kier alpha value is -2.02. The van der Waals surface area contributed by atoms with Crippen LogP contribution in [0, 0.1) is 5.82 Å². The van der Waals surface area contributed by atoms with E-state index in [1.165, 1.54) is 12.1 Å². The highest BCUT2D eigenvalue weighted by molar-refractivity contribution is 7.98. The fourth-order valence-electron chi connectivity index (χ4n) is 3.22. The molecular formula is C20H20ClFN2O2S. The molecule has 1 aromatic heterocycles. The predicted molar refractivity (Wildman–Crippen MR) is 108 cm³/mol. The fraction of sp³-hybridized carbons (Fsp3) is 0.250. The summed E-state index contributed by atoms with van der Waals surface area (Å²) < 4.78 is 19.0. The number of nitrogens with two attached hydrogens (primary N) is 1. The molecule has 4 rings (SSSR count). The minimum absolute atomic E-state index is 0. The minimum atomic E-state index is -0.260. The monoisotopic (exact) mass is 406 g/mol. The molecule has 2 heterocycles. The number of halogens is 2. The maximum atomic E-state index is 13.1. The number of thioether (sulfide) groups is 1. The van der Waals surface area contributed by atoms with Gasteiger partial charge in [-0.05, 0) is 36.8 Å². The quantitative estimate of drug-likeness (QED) is 0.650. The van der Waals surface area contributed by atoms with Gasteiger partial charge in [0.1, 0.15) is 11.4 Å². The summed E-state index contributed by atoms with van der Waals surface area (Å²) in [4.78, 5) is 15.7. The smallest absolute Gasteiger partial charge is 0.289 e. The van der Waals surface area contributed by atoms with Crippen molar-refractivity contribution in [2.75, 3.05) is 13.1 Å². The molecule has 1 aliphatic heterocycles. The number of amides is 1. The topological polar surface area (TPSA) is 59.5 Å². The Bertz CT molecular complexity index is 945. The summed E-state index contributed by atoms with van der Waals surface area (Å²) in [5.41, 5.74) is 7.52. The Kier molecular flexibility index (Phi) is 6.09.